The number of rotatable bonds is 4. The first-order chi connectivity index (χ1) is 14.1. The molecule has 5 rings (SSSR count). The van der Waals surface area contributed by atoms with Crippen LogP contribution in [0.5, 0.6) is 23.3 Å². The van der Waals surface area contributed by atoms with E-state index in [2.05, 4.69) is 48.1 Å². The molecule has 29 heavy (non-hydrogen) atoms. The van der Waals surface area contributed by atoms with Crippen LogP contribution in [0.15, 0.2) is 85.2 Å². The van der Waals surface area contributed by atoms with E-state index < -0.39 is 0 Å². The minimum atomic E-state index is -0.0856. The Labute approximate surface area is 169 Å². The Morgan fingerprint density at radius 2 is 1.10 bits per heavy atom. The van der Waals surface area contributed by atoms with Crippen LogP contribution in [0, 0.1) is 0 Å². The van der Waals surface area contributed by atoms with E-state index in [1.54, 1.807) is 12.4 Å². The highest BCUT2D eigenvalue weighted by Gasteiger charge is 2.35. The lowest BCUT2D eigenvalue weighted by atomic mass is 9.82. The third-order valence-electron chi connectivity index (χ3n) is 5.34. The van der Waals surface area contributed by atoms with E-state index in [9.17, 15) is 0 Å². The molecule has 2 heterocycles. The molecule has 4 nitrogen and oxygen atoms in total. The molecule has 0 saturated heterocycles. The summed E-state index contributed by atoms with van der Waals surface area (Å²) in [6, 6.07) is 23.7. The SMILES string of the molecule is CC1(C)c2ccc(Oc3ccccn3)cc2-c2cc(Oc3ccccn3)ccc21. The van der Waals surface area contributed by atoms with Gasteiger partial charge in [0.2, 0.25) is 11.8 Å². The fourth-order valence-electron chi connectivity index (χ4n) is 3.91. The molecule has 0 unspecified atom stereocenters. The molecule has 2 aromatic heterocycles. The van der Waals surface area contributed by atoms with Crippen molar-refractivity contribution in [2.45, 2.75) is 19.3 Å². The predicted molar refractivity (Wildman–Crippen MR) is 113 cm³/mol. The molecule has 142 valence electrons. The van der Waals surface area contributed by atoms with Crippen LogP contribution in [0.3, 0.4) is 0 Å². The Morgan fingerprint density at radius 3 is 1.52 bits per heavy atom. The van der Waals surface area contributed by atoms with Gasteiger partial charge in [0.25, 0.3) is 0 Å². The molecule has 4 aromatic rings. The maximum absolute atomic E-state index is 5.96. The van der Waals surface area contributed by atoms with Gasteiger partial charge in [-0.3, -0.25) is 0 Å². The van der Waals surface area contributed by atoms with E-state index in [0.29, 0.717) is 11.8 Å². The first-order valence-corrected chi connectivity index (χ1v) is 9.58. The van der Waals surface area contributed by atoms with Crippen LogP contribution in [-0.2, 0) is 5.41 Å². The summed E-state index contributed by atoms with van der Waals surface area (Å²) < 4.78 is 11.9. The van der Waals surface area contributed by atoms with E-state index in [4.69, 9.17) is 9.47 Å². The standard InChI is InChI=1S/C25H20N2O2/c1-25(2)21-11-9-17(28-23-7-3-5-13-26-23)15-19(21)20-16-18(10-12-22(20)25)29-24-8-4-6-14-27-24/h3-16H,1-2H3. The van der Waals surface area contributed by atoms with Crippen molar-refractivity contribution in [3.8, 4) is 34.4 Å². The maximum Gasteiger partial charge on any atom is 0.219 e. The minimum Gasteiger partial charge on any atom is -0.439 e. The number of pyridine rings is 2. The zero-order valence-corrected chi connectivity index (χ0v) is 16.3. The summed E-state index contributed by atoms with van der Waals surface area (Å²) in [4.78, 5) is 8.50. The van der Waals surface area contributed by atoms with E-state index in [1.165, 1.54) is 11.1 Å². The molecular weight excluding hydrogens is 360 g/mol. The smallest absolute Gasteiger partial charge is 0.219 e. The van der Waals surface area contributed by atoms with Gasteiger partial charge in [0, 0.05) is 29.9 Å². The van der Waals surface area contributed by atoms with Crippen molar-refractivity contribution >= 4 is 0 Å². The molecule has 0 radical (unpaired) electrons. The summed E-state index contributed by atoms with van der Waals surface area (Å²) in [5, 5.41) is 0. The van der Waals surface area contributed by atoms with Crippen LogP contribution < -0.4 is 9.47 Å². The van der Waals surface area contributed by atoms with E-state index in [-0.39, 0.29) is 5.41 Å². The molecule has 0 saturated carbocycles. The first kappa shape index (κ1) is 17.4. The fraction of sp³-hybridized carbons (Fsp3) is 0.120. The summed E-state index contributed by atoms with van der Waals surface area (Å²) in [5.74, 6) is 2.69. The summed E-state index contributed by atoms with van der Waals surface area (Å²) in [6.07, 6.45) is 3.45. The van der Waals surface area contributed by atoms with Crippen LogP contribution >= 0.6 is 0 Å². The summed E-state index contributed by atoms with van der Waals surface area (Å²) >= 11 is 0. The Balaban J connectivity index is 1.54. The molecule has 0 atom stereocenters. The molecule has 1 aliphatic carbocycles. The van der Waals surface area contributed by atoms with Crippen molar-refractivity contribution in [2.75, 3.05) is 0 Å². The Kier molecular flexibility index (Phi) is 4.06. The third kappa shape index (κ3) is 3.13. The van der Waals surface area contributed by atoms with Crippen LogP contribution in [0.25, 0.3) is 11.1 Å². The van der Waals surface area contributed by atoms with Gasteiger partial charge in [-0.05, 0) is 58.7 Å². The van der Waals surface area contributed by atoms with Gasteiger partial charge in [-0.25, -0.2) is 9.97 Å². The quantitative estimate of drug-likeness (QED) is 0.413. The second kappa shape index (κ2) is 6.74. The van der Waals surface area contributed by atoms with Crippen molar-refractivity contribution in [1.82, 2.24) is 9.97 Å². The molecular formula is C25H20N2O2. The topological polar surface area (TPSA) is 44.2 Å². The molecule has 0 amide bonds. The number of ether oxygens (including phenoxy) is 2. The number of hydrogen-bond donors (Lipinski definition) is 0. The second-order valence-electron chi connectivity index (χ2n) is 7.58. The Bertz CT molecular complexity index is 1080. The summed E-state index contributed by atoms with van der Waals surface area (Å²) in [7, 11) is 0. The van der Waals surface area contributed by atoms with Crippen LogP contribution in [0.2, 0.25) is 0 Å². The first-order valence-electron chi connectivity index (χ1n) is 9.58. The number of fused-ring (bicyclic) bond motifs is 3. The largest absolute Gasteiger partial charge is 0.439 e. The van der Waals surface area contributed by atoms with Crippen LogP contribution in [0.1, 0.15) is 25.0 Å². The Morgan fingerprint density at radius 1 is 0.621 bits per heavy atom. The number of nitrogens with zero attached hydrogens (tertiary/aromatic N) is 2. The molecule has 0 bridgehead atoms. The average Bonchev–Trinajstić information content (AvgIpc) is 2.96. The van der Waals surface area contributed by atoms with Gasteiger partial charge in [0.05, 0.1) is 0 Å². The lowest BCUT2D eigenvalue weighted by Crippen LogP contribution is -2.14. The van der Waals surface area contributed by atoms with Gasteiger partial charge in [-0.1, -0.05) is 38.1 Å². The molecule has 0 fully saturated rings. The molecule has 1 aliphatic rings. The van der Waals surface area contributed by atoms with E-state index >= 15 is 0 Å². The Hall–Kier alpha value is -3.66. The van der Waals surface area contributed by atoms with Crippen molar-refractivity contribution in [1.29, 1.82) is 0 Å². The zero-order chi connectivity index (χ0) is 19.8. The number of hydrogen-bond acceptors (Lipinski definition) is 4. The summed E-state index contributed by atoms with van der Waals surface area (Å²) in [5.41, 5.74) is 4.78. The third-order valence-corrected chi connectivity index (χ3v) is 5.34. The van der Waals surface area contributed by atoms with Crippen molar-refractivity contribution in [3.05, 3.63) is 96.3 Å². The number of benzene rings is 2. The highest BCUT2D eigenvalue weighted by molar-refractivity contribution is 5.82. The molecule has 0 spiro atoms. The van der Waals surface area contributed by atoms with E-state index in [1.807, 2.05) is 48.5 Å². The van der Waals surface area contributed by atoms with Gasteiger partial charge >= 0.3 is 0 Å². The maximum atomic E-state index is 5.96. The number of aromatic nitrogens is 2. The van der Waals surface area contributed by atoms with Gasteiger partial charge < -0.3 is 9.47 Å². The van der Waals surface area contributed by atoms with Gasteiger partial charge in [0.1, 0.15) is 11.5 Å². The van der Waals surface area contributed by atoms with Crippen LogP contribution in [-0.4, -0.2) is 9.97 Å². The summed E-state index contributed by atoms with van der Waals surface area (Å²) in [6.45, 7) is 4.49. The fourth-order valence-corrected chi connectivity index (χ4v) is 3.91. The average molecular weight is 380 g/mol. The monoisotopic (exact) mass is 380 g/mol. The van der Waals surface area contributed by atoms with E-state index in [0.717, 1.165) is 22.6 Å². The second-order valence-corrected chi connectivity index (χ2v) is 7.58. The predicted octanol–water partition coefficient (Wildman–Crippen LogP) is 6.37. The zero-order valence-electron chi connectivity index (χ0n) is 16.3. The normalized spacial score (nSPS) is 13.4. The molecule has 0 N–H and O–H groups in total. The van der Waals surface area contributed by atoms with Gasteiger partial charge in [-0.15, -0.1) is 0 Å². The van der Waals surface area contributed by atoms with Gasteiger partial charge in [0.15, 0.2) is 0 Å². The van der Waals surface area contributed by atoms with Gasteiger partial charge in [-0.2, -0.15) is 0 Å². The van der Waals surface area contributed by atoms with Crippen molar-refractivity contribution in [2.24, 2.45) is 0 Å². The van der Waals surface area contributed by atoms with Crippen molar-refractivity contribution in [3.63, 3.8) is 0 Å². The highest BCUT2D eigenvalue weighted by atomic mass is 16.5. The van der Waals surface area contributed by atoms with Crippen LogP contribution in [0.4, 0.5) is 0 Å². The highest BCUT2D eigenvalue weighted by Crippen LogP contribution is 2.50. The molecule has 4 heteroatoms. The lowest BCUT2D eigenvalue weighted by molar-refractivity contribution is 0.462. The van der Waals surface area contributed by atoms with Crippen molar-refractivity contribution < 1.29 is 9.47 Å². The molecule has 2 aromatic carbocycles. The minimum absolute atomic E-state index is 0.0856. The molecule has 0 aliphatic heterocycles. The lowest BCUT2D eigenvalue weighted by Gasteiger charge is -2.21.